The van der Waals surface area contributed by atoms with Gasteiger partial charge in [0.2, 0.25) is 0 Å². The minimum absolute atomic E-state index is 0.102. The molecular formula is C18H20O2S. The van der Waals surface area contributed by atoms with E-state index in [1.165, 1.54) is 11.1 Å². The van der Waals surface area contributed by atoms with Gasteiger partial charge in [-0.05, 0) is 56.2 Å². The lowest BCUT2D eigenvalue weighted by molar-refractivity contribution is 0.101. The van der Waals surface area contributed by atoms with Crippen molar-refractivity contribution in [1.29, 1.82) is 0 Å². The Kier molecular flexibility index (Phi) is 5.45. The first kappa shape index (κ1) is 15.6. The van der Waals surface area contributed by atoms with E-state index < -0.39 is 0 Å². The van der Waals surface area contributed by atoms with Crippen LogP contribution in [0.3, 0.4) is 0 Å². The van der Waals surface area contributed by atoms with Gasteiger partial charge in [-0.2, -0.15) is 0 Å². The number of hydrogen-bond donors (Lipinski definition) is 0. The van der Waals surface area contributed by atoms with Crippen LogP contribution in [0.4, 0.5) is 0 Å². The molecule has 2 aromatic carbocycles. The second kappa shape index (κ2) is 7.32. The van der Waals surface area contributed by atoms with Gasteiger partial charge in [-0.1, -0.05) is 18.2 Å². The van der Waals surface area contributed by atoms with Crippen molar-refractivity contribution >= 4 is 17.5 Å². The van der Waals surface area contributed by atoms with Crippen molar-refractivity contribution in [3.8, 4) is 5.75 Å². The molecule has 0 saturated heterocycles. The number of Topliss-reactive ketones (excluding diaryl/α,β-unsaturated/α-hetero) is 1. The van der Waals surface area contributed by atoms with Gasteiger partial charge in [0.15, 0.2) is 5.78 Å². The molecule has 0 radical (unpaired) electrons. The second-order valence-corrected chi connectivity index (χ2v) is 6.27. The minimum atomic E-state index is 0.102. The number of thioether (sulfide) groups is 1. The second-order valence-electron chi connectivity index (χ2n) is 5.10. The van der Waals surface area contributed by atoms with Gasteiger partial charge >= 0.3 is 0 Å². The van der Waals surface area contributed by atoms with E-state index in [2.05, 4.69) is 32.0 Å². The van der Waals surface area contributed by atoms with E-state index in [-0.39, 0.29) is 5.78 Å². The summed E-state index contributed by atoms with van der Waals surface area (Å²) in [4.78, 5) is 12.4. The lowest BCUT2D eigenvalue weighted by Gasteiger charge is -2.08. The first-order valence-electron chi connectivity index (χ1n) is 6.99. The first-order chi connectivity index (χ1) is 10.0. The van der Waals surface area contributed by atoms with Gasteiger partial charge in [-0.15, -0.1) is 11.8 Å². The number of carbonyl (C=O) groups excluding carboxylic acids is 1. The van der Waals surface area contributed by atoms with E-state index >= 15 is 0 Å². The highest BCUT2D eigenvalue weighted by Gasteiger charge is 2.00. The maximum absolute atomic E-state index is 11.2. The molecule has 0 bridgehead atoms. The third kappa shape index (κ3) is 4.94. The highest BCUT2D eigenvalue weighted by atomic mass is 32.2. The zero-order chi connectivity index (χ0) is 15.2. The van der Waals surface area contributed by atoms with E-state index in [4.69, 9.17) is 4.74 Å². The van der Waals surface area contributed by atoms with Crippen LogP contribution < -0.4 is 4.74 Å². The van der Waals surface area contributed by atoms with Crippen LogP contribution in [-0.2, 0) is 0 Å². The smallest absolute Gasteiger partial charge is 0.159 e. The highest BCUT2D eigenvalue weighted by molar-refractivity contribution is 7.99. The molecule has 0 aliphatic rings. The molecule has 0 aliphatic carbocycles. The molecule has 3 heteroatoms. The van der Waals surface area contributed by atoms with Crippen molar-refractivity contribution in [3.05, 3.63) is 59.2 Å². The van der Waals surface area contributed by atoms with E-state index in [9.17, 15) is 4.79 Å². The average Bonchev–Trinajstić information content (AvgIpc) is 2.43. The molecule has 110 valence electrons. The lowest BCUT2D eigenvalue weighted by Crippen LogP contribution is -2.00. The highest BCUT2D eigenvalue weighted by Crippen LogP contribution is 2.20. The lowest BCUT2D eigenvalue weighted by atomic mass is 10.1. The Balaban J connectivity index is 1.80. The molecule has 0 heterocycles. The largest absolute Gasteiger partial charge is 0.493 e. The molecule has 2 aromatic rings. The molecule has 0 fully saturated rings. The van der Waals surface area contributed by atoms with Crippen LogP contribution in [0.2, 0.25) is 0 Å². The van der Waals surface area contributed by atoms with Crippen molar-refractivity contribution in [3.63, 3.8) is 0 Å². The number of ether oxygens (including phenoxy) is 1. The predicted molar refractivity (Wildman–Crippen MR) is 88.6 cm³/mol. The molecule has 0 unspecified atom stereocenters. The van der Waals surface area contributed by atoms with Crippen LogP contribution in [0, 0.1) is 13.8 Å². The maximum atomic E-state index is 11.2. The summed E-state index contributed by atoms with van der Waals surface area (Å²) < 4.78 is 5.78. The van der Waals surface area contributed by atoms with Crippen LogP contribution in [0.15, 0.2) is 47.4 Å². The van der Waals surface area contributed by atoms with Crippen LogP contribution >= 0.6 is 11.8 Å². The Bertz CT molecular complexity index is 597. The molecule has 0 aliphatic heterocycles. The summed E-state index contributed by atoms with van der Waals surface area (Å²) >= 11 is 1.73. The summed E-state index contributed by atoms with van der Waals surface area (Å²) in [6, 6.07) is 14.0. The van der Waals surface area contributed by atoms with Gasteiger partial charge in [-0.25, -0.2) is 0 Å². The summed E-state index contributed by atoms with van der Waals surface area (Å²) in [5.74, 6) is 1.91. The van der Waals surface area contributed by atoms with E-state index in [1.807, 2.05) is 24.3 Å². The first-order valence-corrected chi connectivity index (χ1v) is 7.98. The van der Waals surface area contributed by atoms with E-state index in [0.29, 0.717) is 6.61 Å². The Morgan fingerprint density at radius 2 is 1.67 bits per heavy atom. The van der Waals surface area contributed by atoms with Crippen molar-refractivity contribution < 1.29 is 9.53 Å². The molecule has 0 N–H and O–H groups in total. The van der Waals surface area contributed by atoms with E-state index in [1.54, 1.807) is 18.7 Å². The zero-order valence-electron chi connectivity index (χ0n) is 12.7. The number of carbonyl (C=O) groups is 1. The maximum Gasteiger partial charge on any atom is 0.159 e. The molecule has 0 atom stereocenters. The van der Waals surface area contributed by atoms with Crippen molar-refractivity contribution in [2.24, 2.45) is 0 Å². The third-order valence-electron chi connectivity index (χ3n) is 3.08. The normalized spacial score (nSPS) is 10.4. The van der Waals surface area contributed by atoms with Crippen LogP contribution in [-0.4, -0.2) is 18.1 Å². The van der Waals surface area contributed by atoms with E-state index in [0.717, 1.165) is 22.0 Å². The SMILES string of the molecule is CC(=O)c1ccc(SCCOc2cc(C)cc(C)c2)cc1. The van der Waals surface area contributed by atoms with Gasteiger partial charge < -0.3 is 4.74 Å². The van der Waals surface area contributed by atoms with Crippen LogP contribution in [0.25, 0.3) is 0 Å². The predicted octanol–water partition coefficient (Wildman–Crippen LogP) is 4.68. The number of rotatable bonds is 6. The number of benzene rings is 2. The Labute approximate surface area is 130 Å². The van der Waals surface area contributed by atoms with Gasteiger partial charge in [0, 0.05) is 16.2 Å². The van der Waals surface area contributed by atoms with Crippen molar-refractivity contribution in [2.75, 3.05) is 12.4 Å². The van der Waals surface area contributed by atoms with Gasteiger partial charge in [0.25, 0.3) is 0 Å². The number of hydrogen-bond acceptors (Lipinski definition) is 3. The Hall–Kier alpha value is -1.74. The number of aryl methyl sites for hydroxylation is 2. The number of ketones is 1. The minimum Gasteiger partial charge on any atom is -0.493 e. The molecule has 2 nitrogen and oxygen atoms in total. The zero-order valence-corrected chi connectivity index (χ0v) is 13.5. The average molecular weight is 300 g/mol. The van der Waals surface area contributed by atoms with Crippen LogP contribution in [0.1, 0.15) is 28.4 Å². The molecular weight excluding hydrogens is 280 g/mol. The molecule has 0 spiro atoms. The summed E-state index contributed by atoms with van der Waals surface area (Å²) in [7, 11) is 0. The molecule has 2 rings (SSSR count). The summed E-state index contributed by atoms with van der Waals surface area (Å²) in [5, 5.41) is 0. The molecule has 0 aromatic heterocycles. The standard InChI is InChI=1S/C18H20O2S/c1-13-10-14(2)12-17(11-13)20-8-9-21-18-6-4-16(5-7-18)15(3)19/h4-7,10-12H,8-9H2,1-3H3. The summed E-state index contributed by atoms with van der Waals surface area (Å²) in [6.45, 7) is 6.40. The molecule has 21 heavy (non-hydrogen) atoms. The van der Waals surface area contributed by atoms with Gasteiger partial charge in [0.05, 0.1) is 6.61 Å². The molecule has 0 saturated carbocycles. The van der Waals surface area contributed by atoms with Gasteiger partial charge in [0.1, 0.15) is 5.75 Å². The Morgan fingerprint density at radius 1 is 1.05 bits per heavy atom. The van der Waals surface area contributed by atoms with Crippen molar-refractivity contribution in [1.82, 2.24) is 0 Å². The fraction of sp³-hybridized carbons (Fsp3) is 0.278. The summed E-state index contributed by atoms with van der Waals surface area (Å²) in [6.07, 6.45) is 0. The van der Waals surface area contributed by atoms with Crippen LogP contribution in [0.5, 0.6) is 5.75 Å². The fourth-order valence-electron chi connectivity index (χ4n) is 2.12. The quantitative estimate of drug-likeness (QED) is 0.440. The van der Waals surface area contributed by atoms with Crippen molar-refractivity contribution in [2.45, 2.75) is 25.7 Å². The fourth-order valence-corrected chi connectivity index (χ4v) is 2.85. The molecule has 0 amide bonds. The topological polar surface area (TPSA) is 26.3 Å². The van der Waals surface area contributed by atoms with Gasteiger partial charge in [-0.3, -0.25) is 4.79 Å². The monoisotopic (exact) mass is 300 g/mol. The summed E-state index contributed by atoms with van der Waals surface area (Å²) in [5.41, 5.74) is 3.20. The Morgan fingerprint density at radius 3 is 2.24 bits per heavy atom. The third-order valence-corrected chi connectivity index (χ3v) is 4.05.